The van der Waals surface area contributed by atoms with Crippen molar-refractivity contribution in [3.63, 3.8) is 0 Å². The number of benzene rings is 2. The van der Waals surface area contributed by atoms with Crippen molar-refractivity contribution < 1.29 is 9.47 Å². The number of rotatable bonds is 5. The van der Waals surface area contributed by atoms with E-state index in [-0.39, 0.29) is 0 Å². The number of ether oxygens (including phenoxy) is 2. The van der Waals surface area contributed by atoms with Gasteiger partial charge in [0.2, 0.25) is 0 Å². The van der Waals surface area contributed by atoms with Gasteiger partial charge in [0.15, 0.2) is 11.5 Å². The second kappa shape index (κ2) is 7.51. The molecule has 1 heterocycles. The molecule has 1 aliphatic rings. The van der Waals surface area contributed by atoms with Crippen LogP contribution >= 0.6 is 0 Å². The van der Waals surface area contributed by atoms with Gasteiger partial charge in [0.05, 0.1) is 13.7 Å². The molecule has 0 spiro atoms. The van der Waals surface area contributed by atoms with E-state index in [2.05, 4.69) is 42.3 Å². The summed E-state index contributed by atoms with van der Waals surface area (Å²) < 4.78 is 11.5. The highest BCUT2D eigenvalue weighted by Gasteiger charge is 2.29. The van der Waals surface area contributed by atoms with Gasteiger partial charge in [0.1, 0.15) is 0 Å². The van der Waals surface area contributed by atoms with Crippen LogP contribution in [0.15, 0.2) is 54.6 Å². The molecular formula is C20H25NO2. The highest BCUT2D eigenvalue weighted by Crippen LogP contribution is 2.34. The molecule has 0 amide bonds. The van der Waals surface area contributed by atoms with Crippen LogP contribution in [0.5, 0.6) is 11.5 Å². The standard InChI is InChI=1S/C20H25NO2/c1-21-13-12-18(16-8-4-3-5-9-16)17(14-21)15-23-20-11-7-6-10-19(20)22-2/h3-11,17-18H,12-15H2,1-2H3/t17-,18-/m1/s1. The molecule has 23 heavy (non-hydrogen) atoms. The van der Waals surface area contributed by atoms with Crippen LogP contribution < -0.4 is 9.47 Å². The Labute approximate surface area is 138 Å². The fourth-order valence-corrected chi connectivity index (χ4v) is 3.46. The molecule has 1 fully saturated rings. The van der Waals surface area contributed by atoms with E-state index in [0.29, 0.717) is 18.4 Å². The number of piperidine rings is 1. The Morgan fingerprint density at radius 3 is 2.43 bits per heavy atom. The molecule has 0 aromatic heterocycles. The smallest absolute Gasteiger partial charge is 0.161 e. The van der Waals surface area contributed by atoms with Gasteiger partial charge < -0.3 is 14.4 Å². The maximum Gasteiger partial charge on any atom is 0.161 e. The number of methoxy groups -OCH3 is 1. The van der Waals surface area contributed by atoms with Gasteiger partial charge in [0.25, 0.3) is 0 Å². The minimum atomic E-state index is 0.487. The summed E-state index contributed by atoms with van der Waals surface area (Å²) in [6.45, 7) is 2.92. The molecule has 1 saturated heterocycles. The first-order valence-corrected chi connectivity index (χ1v) is 8.27. The summed E-state index contributed by atoms with van der Waals surface area (Å²) in [6.07, 6.45) is 1.18. The van der Waals surface area contributed by atoms with Crippen molar-refractivity contribution in [1.29, 1.82) is 0 Å². The van der Waals surface area contributed by atoms with Gasteiger partial charge in [-0.15, -0.1) is 0 Å². The summed E-state index contributed by atoms with van der Waals surface area (Å²) in [5.41, 5.74) is 1.43. The molecule has 0 N–H and O–H groups in total. The minimum Gasteiger partial charge on any atom is -0.493 e. The highest BCUT2D eigenvalue weighted by molar-refractivity contribution is 5.39. The Kier molecular flexibility index (Phi) is 5.19. The van der Waals surface area contributed by atoms with E-state index in [4.69, 9.17) is 9.47 Å². The Bertz CT molecular complexity index is 614. The van der Waals surface area contributed by atoms with E-state index in [1.165, 1.54) is 12.0 Å². The molecule has 3 rings (SSSR count). The van der Waals surface area contributed by atoms with Gasteiger partial charge in [-0.3, -0.25) is 0 Å². The van der Waals surface area contributed by atoms with Crippen molar-refractivity contribution in [3.05, 3.63) is 60.2 Å². The normalized spacial score (nSPS) is 21.8. The van der Waals surface area contributed by atoms with Gasteiger partial charge in [-0.25, -0.2) is 0 Å². The van der Waals surface area contributed by atoms with Crippen molar-refractivity contribution in [1.82, 2.24) is 4.90 Å². The van der Waals surface area contributed by atoms with Gasteiger partial charge in [-0.05, 0) is 43.6 Å². The zero-order valence-corrected chi connectivity index (χ0v) is 13.9. The third-order valence-corrected chi connectivity index (χ3v) is 4.69. The van der Waals surface area contributed by atoms with Crippen LogP contribution in [0.4, 0.5) is 0 Å². The summed E-state index contributed by atoms with van der Waals surface area (Å²) in [5.74, 6) is 2.67. The van der Waals surface area contributed by atoms with Crippen LogP contribution in [0.1, 0.15) is 17.9 Å². The van der Waals surface area contributed by atoms with Gasteiger partial charge in [-0.2, -0.15) is 0 Å². The largest absolute Gasteiger partial charge is 0.493 e. The van der Waals surface area contributed by atoms with Crippen molar-refractivity contribution in [3.8, 4) is 11.5 Å². The molecule has 2 aromatic rings. The minimum absolute atomic E-state index is 0.487. The number of likely N-dealkylation sites (tertiary alicyclic amines) is 1. The Hall–Kier alpha value is -2.00. The van der Waals surface area contributed by atoms with Gasteiger partial charge >= 0.3 is 0 Å². The van der Waals surface area contributed by atoms with Crippen molar-refractivity contribution in [2.75, 3.05) is 33.9 Å². The van der Waals surface area contributed by atoms with Crippen LogP contribution in [0.25, 0.3) is 0 Å². The predicted molar refractivity (Wildman–Crippen MR) is 93.3 cm³/mol. The highest BCUT2D eigenvalue weighted by atomic mass is 16.5. The van der Waals surface area contributed by atoms with Gasteiger partial charge in [0, 0.05) is 12.5 Å². The van der Waals surface area contributed by atoms with Gasteiger partial charge in [-0.1, -0.05) is 42.5 Å². The molecule has 0 unspecified atom stereocenters. The molecule has 3 heteroatoms. The first-order valence-electron chi connectivity index (χ1n) is 8.27. The molecule has 0 aliphatic carbocycles. The summed E-state index contributed by atoms with van der Waals surface area (Å²) in [5, 5.41) is 0. The fourth-order valence-electron chi connectivity index (χ4n) is 3.46. The van der Waals surface area contributed by atoms with E-state index in [1.807, 2.05) is 24.3 Å². The molecule has 0 radical (unpaired) electrons. The average molecular weight is 311 g/mol. The number of hydrogen-bond donors (Lipinski definition) is 0. The molecule has 2 atom stereocenters. The van der Waals surface area contributed by atoms with E-state index in [0.717, 1.165) is 24.6 Å². The lowest BCUT2D eigenvalue weighted by atomic mass is 9.81. The zero-order chi connectivity index (χ0) is 16.1. The van der Waals surface area contributed by atoms with Crippen molar-refractivity contribution in [2.45, 2.75) is 12.3 Å². The second-order valence-electron chi connectivity index (χ2n) is 6.29. The zero-order valence-electron chi connectivity index (χ0n) is 13.9. The lowest BCUT2D eigenvalue weighted by Gasteiger charge is -2.37. The number of para-hydroxylation sites is 2. The molecule has 3 nitrogen and oxygen atoms in total. The predicted octanol–water partition coefficient (Wildman–Crippen LogP) is 3.81. The quantitative estimate of drug-likeness (QED) is 0.838. The second-order valence-corrected chi connectivity index (χ2v) is 6.29. The maximum absolute atomic E-state index is 6.12. The van der Waals surface area contributed by atoms with Crippen molar-refractivity contribution in [2.24, 2.45) is 5.92 Å². The third kappa shape index (κ3) is 3.85. The van der Waals surface area contributed by atoms with Crippen molar-refractivity contribution >= 4 is 0 Å². The Morgan fingerprint density at radius 1 is 1.00 bits per heavy atom. The van der Waals surface area contributed by atoms with E-state index >= 15 is 0 Å². The first kappa shape index (κ1) is 15.9. The van der Waals surface area contributed by atoms with Crippen LogP contribution in [0.3, 0.4) is 0 Å². The third-order valence-electron chi connectivity index (χ3n) is 4.69. The number of hydrogen-bond acceptors (Lipinski definition) is 3. The molecule has 2 aromatic carbocycles. The van der Waals surface area contributed by atoms with Crippen LogP contribution in [-0.2, 0) is 0 Å². The molecule has 0 saturated carbocycles. The van der Waals surface area contributed by atoms with E-state index < -0.39 is 0 Å². The van der Waals surface area contributed by atoms with E-state index in [9.17, 15) is 0 Å². The molecule has 0 bridgehead atoms. The average Bonchev–Trinajstić information content (AvgIpc) is 2.61. The van der Waals surface area contributed by atoms with Crippen LogP contribution in [-0.4, -0.2) is 38.8 Å². The number of nitrogens with zero attached hydrogens (tertiary/aromatic N) is 1. The lowest BCUT2D eigenvalue weighted by Crippen LogP contribution is -2.39. The molecular weight excluding hydrogens is 286 g/mol. The fraction of sp³-hybridized carbons (Fsp3) is 0.400. The first-order chi connectivity index (χ1) is 11.3. The molecule has 122 valence electrons. The topological polar surface area (TPSA) is 21.7 Å². The summed E-state index contributed by atoms with van der Waals surface area (Å²) >= 11 is 0. The lowest BCUT2D eigenvalue weighted by molar-refractivity contribution is 0.127. The Morgan fingerprint density at radius 2 is 1.70 bits per heavy atom. The summed E-state index contributed by atoms with van der Waals surface area (Å²) in [6, 6.07) is 18.7. The summed E-state index contributed by atoms with van der Waals surface area (Å²) in [7, 11) is 3.88. The SMILES string of the molecule is COc1ccccc1OC[C@H]1CN(C)CC[C@@H]1c1ccccc1. The van der Waals surface area contributed by atoms with E-state index in [1.54, 1.807) is 7.11 Å². The monoisotopic (exact) mass is 311 g/mol. The van der Waals surface area contributed by atoms with Crippen LogP contribution in [0, 0.1) is 5.92 Å². The Balaban J connectivity index is 1.72. The molecule has 1 aliphatic heterocycles. The van der Waals surface area contributed by atoms with Crippen LogP contribution in [0.2, 0.25) is 0 Å². The summed E-state index contributed by atoms with van der Waals surface area (Å²) in [4.78, 5) is 2.40. The maximum atomic E-state index is 6.12.